The van der Waals surface area contributed by atoms with Crippen LogP contribution in [-0.4, -0.2) is 28.5 Å². The van der Waals surface area contributed by atoms with Gasteiger partial charge in [-0.3, -0.25) is 0 Å². The molecule has 0 bridgehead atoms. The van der Waals surface area contributed by atoms with Crippen LogP contribution < -0.4 is 5.32 Å². The molecule has 0 amide bonds. The van der Waals surface area contributed by atoms with Crippen LogP contribution in [0.5, 0.6) is 0 Å². The van der Waals surface area contributed by atoms with Crippen LogP contribution in [0, 0.1) is 0 Å². The van der Waals surface area contributed by atoms with Gasteiger partial charge in [-0.05, 0) is 12.1 Å². The van der Waals surface area contributed by atoms with Crippen molar-refractivity contribution in [1.82, 2.24) is 4.98 Å². The highest BCUT2D eigenvalue weighted by Gasteiger charge is 2.20. The Labute approximate surface area is 84.9 Å². The molecule has 0 unspecified atom stereocenters. The maximum Gasteiger partial charge on any atom is 0.354 e. The highest BCUT2D eigenvalue weighted by atomic mass is 19.3. The number of pyridine rings is 1. The van der Waals surface area contributed by atoms with Crippen molar-refractivity contribution in [2.45, 2.75) is 12.8 Å². The van der Waals surface area contributed by atoms with Crippen molar-refractivity contribution < 1.29 is 18.7 Å². The molecule has 0 saturated heterocycles. The number of aromatic carboxylic acids is 1. The van der Waals surface area contributed by atoms with Crippen molar-refractivity contribution in [1.29, 1.82) is 0 Å². The van der Waals surface area contributed by atoms with E-state index in [-0.39, 0.29) is 5.69 Å². The molecule has 0 aliphatic carbocycles. The van der Waals surface area contributed by atoms with E-state index in [4.69, 9.17) is 5.11 Å². The van der Waals surface area contributed by atoms with E-state index in [0.717, 1.165) is 6.92 Å². The first-order valence-corrected chi connectivity index (χ1v) is 4.19. The topological polar surface area (TPSA) is 62.2 Å². The zero-order chi connectivity index (χ0) is 11.5. The lowest BCUT2D eigenvalue weighted by Gasteiger charge is -2.12. The monoisotopic (exact) mass is 216 g/mol. The van der Waals surface area contributed by atoms with Crippen molar-refractivity contribution in [3.05, 3.63) is 24.0 Å². The standard InChI is InChI=1S/C9H10F2N2O2/c1-9(10,11)5-13-6-2-3-12-7(4-6)8(14)15/h2-4H,5H2,1H3,(H,12,13)(H,14,15). The zero-order valence-corrected chi connectivity index (χ0v) is 8.00. The Balaban J connectivity index is 2.70. The van der Waals surface area contributed by atoms with Gasteiger partial charge < -0.3 is 10.4 Å². The van der Waals surface area contributed by atoms with Crippen LogP contribution in [0.25, 0.3) is 0 Å². The van der Waals surface area contributed by atoms with Crippen molar-refractivity contribution in [3.8, 4) is 0 Å². The molecule has 0 aromatic carbocycles. The van der Waals surface area contributed by atoms with E-state index >= 15 is 0 Å². The molecule has 4 nitrogen and oxygen atoms in total. The van der Waals surface area contributed by atoms with Crippen molar-refractivity contribution in [3.63, 3.8) is 0 Å². The SMILES string of the molecule is CC(F)(F)CNc1ccnc(C(=O)O)c1. The van der Waals surface area contributed by atoms with Gasteiger partial charge in [-0.2, -0.15) is 0 Å². The Morgan fingerprint density at radius 2 is 2.33 bits per heavy atom. The summed E-state index contributed by atoms with van der Waals surface area (Å²) in [4.78, 5) is 14.1. The summed E-state index contributed by atoms with van der Waals surface area (Å²) in [6.07, 6.45) is 1.25. The van der Waals surface area contributed by atoms with E-state index in [1.165, 1.54) is 18.3 Å². The summed E-state index contributed by atoms with van der Waals surface area (Å²) in [6.45, 7) is 0.232. The summed E-state index contributed by atoms with van der Waals surface area (Å²) in [7, 11) is 0. The number of aromatic nitrogens is 1. The molecule has 0 aliphatic rings. The van der Waals surface area contributed by atoms with Gasteiger partial charge in [-0.15, -0.1) is 0 Å². The van der Waals surface area contributed by atoms with Gasteiger partial charge in [-0.1, -0.05) is 0 Å². The highest BCUT2D eigenvalue weighted by molar-refractivity contribution is 5.86. The summed E-state index contributed by atoms with van der Waals surface area (Å²) in [6, 6.07) is 2.63. The normalized spacial score (nSPS) is 11.1. The lowest BCUT2D eigenvalue weighted by atomic mass is 10.3. The van der Waals surface area contributed by atoms with E-state index < -0.39 is 18.4 Å². The fraction of sp³-hybridized carbons (Fsp3) is 0.333. The molecule has 0 atom stereocenters. The van der Waals surface area contributed by atoms with E-state index in [9.17, 15) is 13.6 Å². The molecule has 0 spiro atoms. The van der Waals surface area contributed by atoms with Gasteiger partial charge in [0.1, 0.15) is 5.69 Å². The number of halogens is 2. The molecule has 0 saturated carbocycles. The Morgan fingerprint density at radius 1 is 1.67 bits per heavy atom. The van der Waals surface area contributed by atoms with E-state index in [1.54, 1.807) is 0 Å². The second-order valence-corrected chi connectivity index (χ2v) is 3.16. The van der Waals surface area contributed by atoms with Gasteiger partial charge in [0.15, 0.2) is 0 Å². The molecule has 1 heterocycles. The third-order valence-corrected chi connectivity index (χ3v) is 1.58. The van der Waals surface area contributed by atoms with Crippen LogP contribution in [0.4, 0.5) is 14.5 Å². The van der Waals surface area contributed by atoms with Crippen molar-refractivity contribution in [2.75, 3.05) is 11.9 Å². The molecule has 82 valence electrons. The predicted octanol–water partition coefficient (Wildman–Crippen LogP) is 1.85. The second kappa shape index (κ2) is 4.20. The van der Waals surface area contributed by atoms with Crippen LogP contribution >= 0.6 is 0 Å². The smallest absolute Gasteiger partial charge is 0.354 e. The molecule has 1 aromatic heterocycles. The molecule has 0 fully saturated rings. The Kier molecular flexibility index (Phi) is 3.18. The number of hydrogen-bond donors (Lipinski definition) is 2. The molecule has 0 radical (unpaired) electrons. The quantitative estimate of drug-likeness (QED) is 0.806. The number of nitrogens with zero attached hydrogens (tertiary/aromatic N) is 1. The molecule has 2 N–H and O–H groups in total. The van der Waals surface area contributed by atoms with Gasteiger partial charge in [0.25, 0.3) is 5.92 Å². The predicted molar refractivity (Wildman–Crippen MR) is 50.3 cm³/mol. The molecule has 1 aromatic rings. The average molecular weight is 216 g/mol. The molecule has 1 rings (SSSR count). The van der Waals surface area contributed by atoms with Gasteiger partial charge >= 0.3 is 5.97 Å². The average Bonchev–Trinajstić information content (AvgIpc) is 2.14. The van der Waals surface area contributed by atoms with E-state index in [0.29, 0.717) is 5.69 Å². The number of anilines is 1. The van der Waals surface area contributed by atoms with E-state index in [2.05, 4.69) is 10.3 Å². The number of nitrogens with one attached hydrogen (secondary N) is 1. The zero-order valence-electron chi connectivity index (χ0n) is 8.00. The summed E-state index contributed by atoms with van der Waals surface area (Å²) >= 11 is 0. The molecule has 15 heavy (non-hydrogen) atoms. The number of carbonyl (C=O) groups is 1. The van der Waals surface area contributed by atoms with Crippen LogP contribution in [-0.2, 0) is 0 Å². The Bertz CT molecular complexity index is 363. The molecular formula is C9H10F2N2O2. The van der Waals surface area contributed by atoms with Gasteiger partial charge in [0.05, 0.1) is 6.54 Å². The third-order valence-electron chi connectivity index (χ3n) is 1.58. The van der Waals surface area contributed by atoms with Crippen molar-refractivity contribution >= 4 is 11.7 Å². The first kappa shape index (κ1) is 11.4. The molecule has 6 heteroatoms. The van der Waals surface area contributed by atoms with Gasteiger partial charge in [0.2, 0.25) is 0 Å². The summed E-state index contributed by atoms with van der Waals surface area (Å²) < 4.78 is 24.9. The highest BCUT2D eigenvalue weighted by Crippen LogP contribution is 2.14. The molecule has 0 aliphatic heterocycles. The largest absolute Gasteiger partial charge is 0.477 e. The van der Waals surface area contributed by atoms with Gasteiger partial charge in [-0.25, -0.2) is 18.6 Å². The number of carboxylic acids is 1. The number of hydrogen-bond acceptors (Lipinski definition) is 3. The first-order chi connectivity index (χ1) is 6.88. The summed E-state index contributed by atoms with van der Waals surface area (Å²) in [5.41, 5.74) is 0.128. The Hall–Kier alpha value is -1.72. The number of rotatable bonds is 4. The Morgan fingerprint density at radius 3 is 2.87 bits per heavy atom. The maximum atomic E-state index is 12.5. The summed E-state index contributed by atoms with van der Waals surface area (Å²) in [5.74, 6) is -4.03. The second-order valence-electron chi connectivity index (χ2n) is 3.16. The minimum atomic E-state index is -2.84. The third kappa shape index (κ3) is 3.88. The van der Waals surface area contributed by atoms with Gasteiger partial charge in [0, 0.05) is 18.8 Å². The summed E-state index contributed by atoms with van der Waals surface area (Å²) in [5, 5.41) is 11.0. The van der Waals surface area contributed by atoms with E-state index in [1.807, 2.05) is 0 Å². The first-order valence-electron chi connectivity index (χ1n) is 4.19. The lowest BCUT2D eigenvalue weighted by Crippen LogP contribution is -2.22. The minimum absolute atomic E-state index is 0.181. The van der Waals surface area contributed by atoms with Crippen LogP contribution in [0.15, 0.2) is 18.3 Å². The van der Waals surface area contributed by atoms with Crippen molar-refractivity contribution in [2.24, 2.45) is 0 Å². The number of carboxylic acid groups (broad SMARTS) is 1. The molecular weight excluding hydrogens is 206 g/mol. The lowest BCUT2D eigenvalue weighted by molar-refractivity contribution is 0.0367. The van der Waals surface area contributed by atoms with Crippen LogP contribution in [0.1, 0.15) is 17.4 Å². The number of alkyl halides is 2. The minimum Gasteiger partial charge on any atom is -0.477 e. The maximum absolute atomic E-state index is 12.5. The fourth-order valence-electron chi connectivity index (χ4n) is 0.915. The fourth-order valence-corrected chi connectivity index (χ4v) is 0.915. The van der Waals surface area contributed by atoms with Crippen LogP contribution in [0.2, 0.25) is 0 Å². The van der Waals surface area contributed by atoms with Crippen LogP contribution in [0.3, 0.4) is 0 Å².